The highest BCUT2D eigenvalue weighted by Gasteiger charge is 2.30. The molecule has 0 aliphatic rings. The molecule has 2 aromatic rings. The minimum absolute atomic E-state index is 0.106. The second-order valence-electron chi connectivity index (χ2n) is 5.98. The fourth-order valence-electron chi connectivity index (χ4n) is 2.38. The lowest BCUT2D eigenvalue weighted by atomic mass is 10.1. The van der Waals surface area contributed by atoms with Gasteiger partial charge in [0.2, 0.25) is 0 Å². The lowest BCUT2D eigenvalue weighted by molar-refractivity contribution is -0.143. The maximum Gasteiger partial charge on any atom is 0.416 e. The normalized spacial score (nSPS) is 11.3. The number of nitrogens with zero attached hydrogens (tertiary/aromatic N) is 1. The van der Waals surface area contributed by atoms with Gasteiger partial charge in [-0.2, -0.15) is 18.4 Å². The number of hydrogen-bond donors (Lipinski definition) is 1. The topological polar surface area (TPSA) is 97.7 Å². The first kappa shape index (κ1) is 23.3. The fraction of sp³-hybridized carbons (Fsp3) is 0.190. The van der Waals surface area contributed by atoms with Crippen LogP contribution in [0, 0.1) is 11.3 Å². The Kier molecular flexibility index (Phi) is 7.63. The van der Waals surface area contributed by atoms with Gasteiger partial charge in [-0.05, 0) is 42.0 Å². The van der Waals surface area contributed by atoms with Crippen molar-refractivity contribution in [1.82, 2.24) is 0 Å². The number of amides is 1. The number of nitriles is 1. The monoisotopic (exact) mass is 434 g/mol. The molecule has 162 valence electrons. The van der Waals surface area contributed by atoms with E-state index in [0.29, 0.717) is 5.56 Å². The van der Waals surface area contributed by atoms with Crippen molar-refractivity contribution in [2.75, 3.05) is 26.1 Å². The summed E-state index contributed by atoms with van der Waals surface area (Å²) in [6, 6.07) is 10.2. The van der Waals surface area contributed by atoms with Crippen LogP contribution >= 0.6 is 0 Å². The molecule has 31 heavy (non-hydrogen) atoms. The number of alkyl halides is 3. The predicted octanol–water partition coefficient (Wildman–Crippen LogP) is 3.81. The van der Waals surface area contributed by atoms with Gasteiger partial charge in [0.25, 0.3) is 5.91 Å². The van der Waals surface area contributed by atoms with E-state index in [1.165, 1.54) is 44.6 Å². The van der Waals surface area contributed by atoms with Crippen LogP contribution in [-0.2, 0) is 20.5 Å². The van der Waals surface area contributed by atoms with Crippen LogP contribution in [0.3, 0.4) is 0 Å². The van der Waals surface area contributed by atoms with Crippen molar-refractivity contribution in [2.24, 2.45) is 0 Å². The van der Waals surface area contributed by atoms with E-state index in [0.717, 1.165) is 18.2 Å². The summed E-state index contributed by atoms with van der Waals surface area (Å²) >= 11 is 0. The van der Waals surface area contributed by atoms with E-state index in [-0.39, 0.29) is 29.4 Å². The predicted molar refractivity (Wildman–Crippen MR) is 104 cm³/mol. The van der Waals surface area contributed by atoms with Crippen LogP contribution < -0.4 is 14.8 Å². The quantitative estimate of drug-likeness (QED) is 0.404. The Morgan fingerprint density at radius 2 is 1.87 bits per heavy atom. The molecule has 0 fully saturated rings. The summed E-state index contributed by atoms with van der Waals surface area (Å²) in [5.74, 6) is -1.01. The third-order valence-electron chi connectivity index (χ3n) is 3.88. The van der Waals surface area contributed by atoms with Gasteiger partial charge in [-0.25, -0.2) is 4.79 Å². The molecule has 0 spiro atoms. The van der Waals surface area contributed by atoms with E-state index in [1.807, 2.05) is 0 Å². The molecule has 1 N–H and O–H groups in total. The molecule has 0 radical (unpaired) electrons. The molecular formula is C21H17F3N2O5. The molecule has 0 aliphatic carbocycles. The number of rotatable bonds is 7. The molecule has 10 heteroatoms. The van der Waals surface area contributed by atoms with Crippen molar-refractivity contribution in [3.05, 3.63) is 59.2 Å². The molecule has 0 saturated carbocycles. The van der Waals surface area contributed by atoms with Crippen LogP contribution in [-0.4, -0.2) is 32.7 Å². The Hall–Kier alpha value is -4.00. The third-order valence-corrected chi connectivity index (χ3v) is 3.88. The van der Waals surface area contributed by atoms with E-state index in [1.54, 1.807) is 6.07 Å². The van der Waals surface area contributed by atoms with Gasteiger partial charge in [0.05, 0.1) is 19.8 Å². The van der Waals surface area contributed by atoms with E-state index >= 15 is 0 Å². The van der Waals surface area contributed by atoms with E-state index in [4.69, 9.17) is 9.47 Å². The maximum atomic E-state index is 12.8. The summed E-state index contributed by atoms with van der Waals surface area (Å²) in [5, 5.41) is 11.6. The maximum absolute atomic E-state index is 12.8. The molecule has 7 nitrogen and oxygen atoms in total. The Balaban J connectivity index is 2.22. The zero-order valence-electron chi connectivity index (χ0n) is 16.4. The van der Waals surface area contributed by atoms with Crippen LogP contribution in [0.15, 0.2) is 48.0 Å². The van der Waals surface area contributed by atoms with Crippen molar-refractivity contribution >= 4 is 23.6 Å². The second kappa shape index (κ2) is 10.2. The number of carbonyl (C=O) groups is 2. The first-order valence-electron chi connectivity index (χ1n) is 8.66. The average molecular weight is 434 g/mol. The van der Waals surface area contributed by atoms with Crippen LogP contribution in [0.25, 0.3) is 6.08 Å². The molecule has 0 heterocycles. The van der Waals surface area contributed by atoms with Crippen molar-refractivity contribution in [3.8, 4) is 17.6 Å². The van der Waals surface area contributed by atoms with Crippen molar-refractivity contribution in [1.29, 1.82) is 5.26 Å². The van der Waals surface area contributed by atoms with Gasteiger partial charge in [-0.15, -0.1) is 0 Å². The molecule has 0 aliphatic heterocycles. The zero-order valence-corrected chi connectivity index (χ0v) is 16.4. The molecule has 0 atom stereocenters. The van der Waals surface area contributed by atoms with Gasteiger partial charge in [0.15, 0.2) is 18.1 Å². The Morgan fingerprint density at radius 1 is 1.13 bits per heavy atom. The first-order chi connectivity index (χ1) is 14.7. The van der Waals surface area contributed by atoms with E-state index in [2.05, 4.69) is 10.1 Å². The lowest BCUT2D eigenvalue weighted by Crippen LogP contribution is -2.14. The summed E-state index contributed by atoms with van der Waals surface area (Å²) in [5.41, 5.74) is -0.995. The van der Waals surface area contributed by atoms with Crippen LogP contribution in [0.2, 0.25) is 0 Å². The summed E-state index contributed by atoms with van der Waals surface area (Å²) in [6.07, 6.45) is -3.33. The number of nitrogens with one attached hydrogen (secondary N) is 1. The second-order valence-corrected chi connectivity index (χ2v) is 5.98. The van der Waals surface area contributed by atoms with Gasteiger partial charge >= 0.3 is 12.1 Å². The Labute approximate surface area is 175 Å². The molecule has 0 bridgehead atoms. The smallest absolute Gasteiger partial charge is 0.416 e. The molecule has 0 saturated heterocycles. The third kappa shape index (κ3) is 6.50. The standard InChI is InChI=1S/C21H17F3N2O5/c1-29-18-9-13(6-7-17(18)31-12-19(27)30-2)8-14(11-25)20(28)26-16-5-3-4-15(10-16)21(22,23)24/h3-10H,12H2,1-2H3,(H,26,28)/b14-8-. The highest BCUT2D eigenvalue weighted by molar-refractivity contribution is 6.09. The summed E-state index contributed by atoms with van der Waals surface area (Å²) in [7, 11) is 2.57. The number of hydrogen-bond acceptors (Lipinski definition) is 6. The Bertz CT molecular complexity index is 1040. The average Bonchev–Trinajstić information content (AvgIpc) is 2.75. The van der Waals surface area contributed by atoms with Crippen LogP contribution in [0.4, 0.5) is 18.9 Å². The van der Waals surface area contributed by atoms with Gasteiger partial charge in [-0.3, -0.25) is 4.79 Å². The van der Waals surface area contributed by atoms with Crippen molar-refractivity contribution in [3.63, 3.8) is 0 Å². The number of carbonyl (C=O) groups excluding carboxylic acids is 2. The molecule has 2 aromatic carbocycles. The van der Waals surface area contributed by atoms with Crippen LogP contribution in [0.1, 0.15) is 11.1 Å². The van der Waals surface area contributed by atoms with Gasteiger partial charge in [0.1, 0.15) is 11.6 Å². The van der Waals surface area contributed by atoms with Crippen molar-refractivity contribution < 1.29 is 37.0 Å². The highest BCUT2D eigenvalue weighted by Crippen LogP contribution is 2.31. The van der Waals surface area contributed by atoms with Crippen molar-refractivity contribution in [2.45, 2.75) is 6.18 Å². The highest BCUT2D eigenvalue weighted by atomic mass is 19.4. The molecule has 0 unspecified atom stereocenters. The fourth-order valence-corrected chi connectivity index (χ4v) is 2.38. The molecule has 1 amide bonds. The summed E-state index contributed by atoms with van der Waals surface area (Å²) < 4.78 is 53.4. The van der Waals surface area contributed by atoms with Crippen LogP contribution in [0.5, 0.6) is 11.5 Å². The molecule has 2 rings (SSSR count). The lowest BCUT2D eigenvalue weighted by Gasteiger charge is -2.11. The number of halogens is 3. The first-order valence-corrected chi connectivity index (χ1v) is 8.66. The summed E-state index contributed by atoms with van der Waals surface area (Å²) in [4.78, 5) is 23.5. The summed E-state index contributed by atoms with van der Waals surface area (Å²) in [6.45, 7) is -0.342. The van der Waals surface area contributed by atoms with Gasteiger partial charge in [-0.1, -0.05) is 12.1 Å². The number of benzene rings is 2. The SMILES string of the molecule is COC(=O)COc1ccc(/C=C(/C#N)C(=O)Nc2cccc(C(F)(F)F)c2)cc1OC. The molecule has 0 aromatic heterocycles. The number of esters is 1. The van der Waals surface area contributed by atoms with Gasteiger partial charge in [0, 0.05) is 5.69 Å². The number of ether oxygens (including phenoxy) is 3. The Morgan fingerprint density at radius 3 is 2.48 bits per heavy atom. The minimum atomic E-state index is -4.57. The van der Waals surface area contributed by atoms with E-state index < -0.39 is 23.6 Å². The number of anilines is 1. The largest absolute Gasteiger partial charge is 0.493 e. The minimum Gasteiger partial charge on any atom is -0.493 e. The van der Waals surface area contributed by atoms with E-state index in [9.17, 15) is 28.0 Å². The van der Waals surface area contributed by atoms with Gasteiger partial charge < -0.3 is 19.5 Å². The zero-order chi connectivity index (χ0) is 23.0. The number of methoxy groups -OCH3 is 2. The molecular weight excluding hydrogens is 417 g/mol.